The first-order valence-corrected chi connectivity index (χ1v) is 5.20. The van der Waals surface area contributed by atoms with Crippen molar-refractivity contribution in [2.75, 3.05) is 4.90 Å². The highest BCUT2D eigenvalue weighted by molar-refractivity contribution is 5.55. The van der Waals surface area contributed by atoms with Crippen LogP contribution in [0.3, 0.4) is 0 Å². The molecule has 0 bridgehead atoms. The van der Waals surface area contributed by atoms with Gasteiger partial charge in [0.1, 0.15) is 0 Å². The second kappa shape index (κ2) is 4.69. The molecule has 0 radical (unpaired) electrons. The monoisotopic (exact) mass is 242 g/mol. The number of hydrogen-bond acceptors (Lipinski definition) is 5. The highest BCUT2D eigenvalue weighted by atomic mass is 16.6. The van der Waals surface area contributed by atoms with Gasteiger partial charge in [-0.3, -0.25) is 10.1 Å². The van der Waals surface area contributed by atoms with Crippen LogP contribution in [0, 0.1) is 21.4 Å². The molecule has 0 spiro atoms. The number of hydrogen-bond donors (Lipinski definition) is 1. The van der Waals surface area contributed by atoms with Crippen molar-refractivity contribution in [3.05, 3.63) is 64.0 Å². The molecule has 1 heterocycles. The lowest BCUT2D eigenvalue weighted by Gasteiger charge is -2.27. The fourth-order valence-electron chi connectivity index (χ4n) is 1.69. The molecule has 6 nitrogen and oxygen atoms in total. The van der Waals surface area contributed by atoms with E-state index in [1.165, 1.54) is 6.08 Å². The first-order valence-electron chi connectivity index (χ1n) is 5.20. The van der Waals surface area contributed by atoms with Gasteiger partial charge in [0.25, 0.3) is 5.70 Å². The number of nitro groups is 1. The summed E-state index contributed by atoms with van der Waals surface area (Å²) in [6.07, 6.45) is 3.78. The molecule has 0 aliphatic carbocycles. The SMILES string of the molecule is N#Cc1ccc(N2C=CC=C([N+](=O)[O-])C2N)cc1. The van der Waals surface area contributed by atoms with Gasteiger partial charge < -0.3 is 10.6 Å². The van der Waals surface area contributed by atoms with E-state index in [0.717, 1.165) is 0 Å². The molecule has 2 rings (SSSR count). The van der Waals surface area contributed by atoms with Crippen LogP contribution in [0.5, 0.6) is 0 Å². The van der Waals surface area contributed by atoms with Crippen LogP contribution in [-0.4, -0.2) is 11.1 Å². The zero-order valence-corrected chi connectivity index (χ0v) is 9.35. The fraction of sp³-hybridized carbons (Fsp3) is 0.0833. The summed E-state index contributed by atoms with van der Waals surface area (Å²) in [5, 5.41) is 19.5. The molecule has 2 N–H and O–H groups in total. The maximum Gasteiger partial charge on any atom is 0.283 e. The van der Waals surface area contributed by atoms with Crippen molar-refractivity contribution in [3.8, 4) is 6.07 Å². The molecular formula is C12H10N4O2. The molecule has 0 aromatic heterocycles. The number of nitriles is 1. The predicted molar refractivity (Wildman–Crippen MR) is 65.8 cm³/mol. The average molecular weight is 242 g/mol. The van der Waals surface area contributed by atoms with Crippen LogP contribution in [-0.2, 0) is 0 Å². The maximum absolute atomic E-state index is 10.8. The first kappa shape index (κ1) is 11.8. The van der Waals surface area contributed by atoms with E-state index in [9.17, 15) is 10.1 Å². The summed E-state index contributed by atoms with van der Waals surface area (Å²) in [4.78, 5) is 11.9. The van der Waals surface area contributed by atoms with E-state index in [1.807, 2.05) is 6.07 Å². The smallest absolute Gasteiger partial charge is 0.283 e. The van der Waals surface area contributed by atoms with E-state index >= 15 is 0 Å². The topological polar surface area (TPSA) is 96.2 Å². The average Bonchev–Trinajstić information content (AvgIpc) is 2.39. The van der Waals surface area contributed by atoms with Crippen LogP contribution in [0.2, 0.25) is 0 Å². The van der Waals surface area contributed by atoms with E-state index in [2.05, 4.69) is 0 Å². The normalized spacial score (nSPS) is 18.1. The third kappa shape index (κ3) is 2.07. The molecule has 18 heavy (non-hydrogen) atoms. The minimum atomic E-state index is -0.835. The fourth-order valence-corrected chi connectivity index (χ4v) is 1.69. The molecular weight excluding hydrogens is 232 g/mol. The van der Waals surface area contributed by atoms with E-state index < -0.39 is 11.1 Å². The van der Waals surface area contributed by atoms with Gasteiger partial charge in [-0.15, -0.1) is 0 Å². The van der Waals surface area contributed by atoms with Crippen molar-refractivity contribution in [3.63, 3.8) is 0 Å². The Balaban J connectivity index is 2.30. The number of anilines is 1. The Morgan fingerprint density at radius 3 is 2.61 bits per heavy atom. The van der Waals surface area contributed by atoms with Gasteiger partial charge in [-0.25, -0.2) is 0 Å². The third-order valence-corrected chi connectivity index (χ3v) is 2.62. The Labute approximate surface area is 103 Å². The van der Waals surface area contributed by atoms with Crippen LogP contribution in [0.4, 0.5) is 5.69 Å². The highest BCUT2D eigenvalue weighted by Crippen LogP contribution is 2.22. The molecule has 1 atom stereocenters. The summed E-state index contributed by atoms with van der Waals surface area (Å²) in [5.41, 5.74) is 6.98. The molecule has 6 heteroatoms. The molecule has 1 aromatic rings. The van der Waals surface area contributed by atoms with Gasteiger partial charge in [0.2, 0.25) is 0 Å². The van der Waals surface area contributed by atoms with Gasteiger partial charge in [-0.2, -0.15) is 5.26 Å². The lowest BCUT2D eigenvalue weighted by Crippen LogP contribution is -2.43. The highest BCUT2D eigenvalue weighted by Gasteiger charge is 2.28. The zero-order chi connectivity index (χ0) is 13.1. The predicted octanol–water partition coefficient (Wildman–Crippen LogP) is 1.34. The van der Waals surface area contributed by atoms with Crippen LogP contribution in [0.15, 0.2) is 48.3 Å². The number of allylic oxidation sites excluding steroid dienone is 2. The summed E-state index contributed by atoms with van der Waals surface area (Å²) in [7, 11) is 0. The Bertz CT molecular complexity index is 569. The van der Waals surface area contributed by atoms with Gasteiger partial charge in [0, 0.05) is 18.0 Å². The summed E-state index contributed by atoms with van der Waals surface area (Å²) in [5.74, 6) is 0. The van der Waals surface area contributed by atoms with Gasteiger partial charge in [0.05, 0.1) is 16.6 Å². The van der Waals surface area contributed by atoms with Crippen molar-refractivity contribution < 1.29 is 4.92 Å². The largest absolute Gasteiger partial charge is 0.322 e. The Morgan fingerprint density at radius 2 is 2.06 bits per heavy atom. The minimum absolute atomic E-state index is 0.0677. The molecule has 0 saturated heterocycles. The lowest BCUT2D eigenvalue weighted by molar-refractivity contribution is -0.429. The van der Waals surface area contributed by atoms with Crippen molar-refractivity contribution in [2.45, 2.75) is 6.17 Å². The van der Waals surface area contributed by atoms with Crippen molar-refractivity contribution in [1.82, 2.24) is 0 Å². The van der Waals surface area contributed by atoms with Crippen LogP contribution >= 0.6 is 0 Å². The molecule has 0 saturated carbocycles. The zero-order valence-electron chi connectivity index (χ0n) is 9.35. The summed E-state index contributed by atoms with van der Waals surface area (Å²) in [6, 6.07) is 8.69. The molecule has 1 unspecified atom stereocenters. The maximum atomic E-state index is 10.8. The van der Waals surface area contributed by atoms with Gasteiger partial charge in [-0.1, -0.05) is 0 Å². The summed E-state index contributed by atoms with van der Waals surface area (Å²) >= 11 is 0. The lowest BCUT2D eigenvalue weighted by atomic mass is 10.1. The first-order chi connectivity index (χ1) is 8.63. The number of nitrogens with zero attached hydrogens (tertiary/aromatic N) is 3. The molecule has 1 aromatic carbocycles. The molecule has 0 fully saturated rings. The third-order valence-electron chi connectivity index (χ3n) is 2.62. The van der Waals surface area contributed by atoms with Crippen LogP contribution < -0.4 is 10.6 Å². The number of nitrogens with two attached hydrogens (primary N) is 1. The Morgan fingerprint density at radius 1 is 1.39 bits per heavy atom. The van der Waals surface area contributed by atoms with Crippen molar-refractivity contribution in [2.24, 2.45) is 5.73 Å². The summed E-state index contributed by atoms with van der Waals surface area (Å²) in [6.45, 7) is 0. The van der Waals surface area contributed by atoms with Crippen LogP contribution in [0.1, 0.15) is 5.56 Å². The number of benzene rings is 1. The molecule has 90 valence electrons. The minimum Gasteiger partial charge on any atom is -0.322 e. The summed E-state index contributed by atoms with van der Waals surface area (Å²) < 4.78 is 0. The Kier molecular flexibility index (Phi) is 3.08. The second-order valence-corrected chi connectivity index (χ2v) is 3.70. The van der Waals surface area contributed by atoms with Crippen LogP contribution in [0.25, 0.3) is 0 Å². The van der Waals surface area contributed by atoms with E-state index in [-0.39, 0.29) is 5.70 Å². The molecule has 1 aliphatic heterocycles. The Hall–Kier alpha value is -2.65. The van der Waals surface area contributed by atoms with E-state index in [1.54, 1.807) is 41.4 Å². The second-order valence-electron chi connectivity index (χ2n) is 3.70. The van der Waals surface area contributed by atoms with Crippen molar-refractivity contribution in [1.29, 1.82) is 5.26 Å². The van der Waals surface area contributed by atoms with Gasteiger partial charge >= 0.3 is 0 Å². The quantitative estimate of drug-likeness (QED) is 0.623. The van der Waals surface area contributed by atoms with Gasteiger partial charge in [-0.05, 0) is 30.3 Å². The molecule has 1 aliphatic rings. The van der Waals surface area contributed by atoms with E-state index in [4.69, 9.17) is 11.0 Å². The standard InChI is InChI=1S/C12H10N4O2/c13-8-9-3-5-10(6-4-9)15-7-1-2-11(12(15)14)16(17)18/h1-7,12H,14H2. The van der Waals surface area contributed by atoms with Gasteiger partial charge in [0.15, 0.2) is 6.17 Å². The van der Waals surface area contributed by atoms with Crippen molar-refractivity contribution >= 4 is 5.69 Å². The number of rotatable bonds is 2. The molecule has 0 amide bonds. The van der Waals surface area contributed by atoms with E-state index in [0.29, 0.717) is 11.3 Å².